The molecule has 124 valence electrons. The molecule has 0 saturated heterocycles. The highest BCUT2D eigenvalue weighted by Crippen LogP contribution is 2.49. The SMILES string of the molecule is CCOC(=O)c1sc(-n2cnn(CC3CC3(F)F)c2=O)nc1C. The molecule has 2 heterocycles. The molecule has 0 radical (unpaired) electrons. The number of hydrogen-bond donors (Lipinski definition) is 0. The van der Waals surface area contributed by atoms with E-state index in [1.807, 2.05) is 0 Å². The zero-order chi connectivity index (χ0) is 16.8. The third-order valence-electron chi connectivity index (χ3n) is 3.53. The van der Waals surface area contributed by atoms with Gasteiger partial charge in [0.2, 0.25) is 0 Å². The van der Waals surface area contributed by atoms with E-state index in [0.717, 1.165) is 20.6 Å². The lowest BCUT2D eigenvalue weighted by molar-refractivity contribution is 0.0531. The van der Waals surface area contributed by atoms with Crippen LogP contribution in [0.4, 0.5) is 8.78 Å². The number of hydrogen-bond acceptors (Lipinski definition) is 6. The fourth-order valence-corrected chi connectivity index (χ4v) is 3.07. The molecule has 0 aromatic carbocycles. The van der Waals surface area contributed by atoms with E-state index in [4.69, 9.17) is 4.74 Å². The van der Waals surface area contributed by atoms with Gasteiger partial charge in [-0.2, -0.15) is 5.10 Å². The van der Waals surface area contributed by atoms with Gasteiger partial charge >= 0.3 is 11.7 Å². The van der Waals surface area contributed by atoms with Crippen molar-refractivity contribution in [3.63, 3.8) is 0 Å². The fourth-order valence-electron chi connectivity index (χ4n) is 2.14. The number of carbonyl (C=O) groups is 1. The van der Waals surface area contributed by atoms with Crippen LogP contribution in [0.2, 0.25) is 0 Å². The van der Waals surface area contributed by atoms with Gasteiger partial charge in [0.05, 0.1) is 18.8 Å². The molecule has 2 aromatic heterocycles. The van der Waals surface area contributed by atoms with Crippen molar-refractivity contribution in [3.05, 3.63) is 27.4 Å². The van der Waals surface area contributed by atoms with E-state index in [-0.39, 0.29) is 24.7 Å². The quantitative estimate of drug-likeness (QED) is 0.771. The van der Waals surface area contributed by atoms with E-state index in [1.54, 1.807) is 13.8 Å². The monoisotopic (exact) mass is 344 g/mol. The van der Waals surface area contributed by atoms with E-state index in [0.29, 0.717) is 10.6 Å². The highest BCUT2D eigenvalue weighted by atomic mass is 32.1. The average molecular weight is 344 g/mol. The second-order valence-electron chi connectivity index (χ2n) is 5.26. The summed E-state index contributed by atoms with van der Waals surface area (Å²) < 4.78 is 32.9. The van der Waals surface area contributed by atoms with Crippen molar-refractivity contribution in [2.45, 2.75) is 32.7 Å². The van der Waals surface area contributed by atoms with Crippen LogP contribution in [-0.4, -0.2) is 37.8 Å². The number of aromatic nitrogens is 4. The summed E-state index contributed by atoms with van der Waals surface area (Å²) in [5, 5.41) is 4.10. The first-order valence-electron chi connectivity index (χ1n) is 7.00. The molecule has 7 nitrogen and oxygen atoms in total. The van der Waals surface area contributed by atoms with Gasteiger partial charge in [-0.25, -0.2) is 32.6 Å². The van der Waals surface area contributed by atoms with Crippen LogP contribution in [0.5, 0.6) is 0 Å². The van der Waals surface area contributed by atoms with Crippen molar-refractivity contribution in [2.75, 3.05) is 6.61 Å². The minimum atomic E-state index is -2.71. The third kappa shape index (κ3) is 2.90. The highest BCUT2D eigenvalue weighted by molar-refractivity contribution is 7.16. The van der Waals surface area contributed by atoms with Gasteiger partial charge in [0.15, 0.2) is 5.13 Å². The van der Waals surface area contributed by atoms with Crippen LogP contribution in [0.15, 0.2) is 11.1 Å². The van der Waals surface area contributed by atoms with Crippen LogP contribution < -0.4 is 5.69 Å². The molecule has 1 unspecified atom stereocenters. The van der Waals surface area contributed by atoms with Crippen molar-refractivity contribution in [1.29, 1.82) is 0 Å². The van der Waals surface area contributed by atoms with Gasteiger partial charge in [-0.05, 0) is 13.8 Å². The summed E-state index contributed by atoms with van der Waals surface area (Å²) in [6.45, 7) is 3.43. The minimum Gasteiger partial charge on any atom is -0.462 e. The number of thiazole rings is 1. The Bertz CT molecular complexity index is 810. The topological polar surface area (TPSA) is 79.0 Å². The number of alkyl halides is 2. The van der Waals surface area contributed by atoms with Gasteiger partial charge in [0.25, 0.3) is 5.92 Å². The molecule has 0 spiro atoms. The first-order valence-corrected chi connectivity index (χ1v) is 7.82. The molecule has 3 rings (SSSR count). The predicted octanol–water partition coefficient (Wildman–Crippen LogP) is 1.63. The molecule has 2 aromatic rings. The van der Waals surface area contributed by atoms with Gasteiger partial charge in [0.1, 0.15) is 11.2 Å². The maximum Gasteiger partial charge on any atom is 0.352 e. The molecule has 0 amide bonds. The molecule has 23 heavy (non-hydrogen) atoms. The number of nitrogens with zero attached hydrogens (tertiary/aromatic N) is 4. The van der Waals surface area contributed by atoms with Gasteiger partial charge < -0.3 is 4.74 Å². The van der Waals surface area contributed by atoms with E-state index in [2.05, 4.69) is 10.1 Å². The average Bonchev–Trinajstić information content (AvgIpc) is 2.80. The molecule has 1 saturated carbocycles. The van der Waals surface area contributed by atoms with Crippen molar-refractivity contribution < 1.29 is 18.3 Å². The van der Waals surface area contributed by atoms with Crippen molar-refractivity contribution >= 4 is 17.3 Å². The highest BCUT2D eigenvalue weighted by Gasteiger charge is 2.57. The fraction of sp³-hybridized carbons (Fsp3) is 0.538. The maximum atomic E-state index is 12.9. The number of aryl methyl sites for hydroxylation is 1. The number of carbonyl (C=O) groups excluding carboxylic acids is 1. The normalized spacial score (nSPS) is 18.9. The van der Waals surface area contributed by atoms with Crippen LogP contribution in [-0.2, 0) is 11.3 Å². The van der Waals surface area contributed by atoms with Crippen LogP contribution in [0.3, 0.4) is 0 Å². The van der Waals surface area contributed by atoms with Gasteiger partial charge in [-0.15, -0.1) is 0 Å². The summed E-state index contributed by atoms with van der Waals surface area (Å²) in [6.07, 6.45) is 0.992. The number of rotatable bonds is 5. The van der Waals surface area contributed by atoms with Crippen LogP contribution in [0.1, 0.15) is 28.7 Å². The molecule has 1 atom stereocenters. The molecule has 0 bridgehead atoms. The lowest BCUT2D eigenvalue weighted by Gasteiger charge is -1.98. The Kier molecular flexibility index (Phi) is 3.78. The Hall–Kier alpha value is -2.10. The summed E-state index contributed by atoms with van der Waals surface area (Å²) in [6, 6.07) is 0. The van der Waals surface area contributed by atoms with Crippen molar-refractivity contribution in [2.24, 2.45) is 5.92 Å². The maximum absolute atomic E-state index is 12.9. The third-order valence-corrected chi connectivity index (χ3v) is 4.67. The summed E-state index contributed by atoms with van der Waals surface area (Å²) in [5.74, 6) is -4.07. The predicted molar refractivity (Wildman–Crippen MR) is 77.2 cm³/mol. The second-order valence-corrected chi connectivity index (χ2v) is 6.24. The molecule has 0 N–H and O–H groups in total. The minimum absolute atomic E-state index is 0.131. The Balaban J connectivity index is 1.85. The van der Waals surface area contributed by atoms with E-state index < -0.39 is 23.5 Å². The Morgan fingerprint density at radius 1 is 1.57 bits per heavy atom. The first kappa shape index (κ1) is 15.8. The molecule has 10 heteroatoms. The lowest BCUT2D eigenvalue weighted by atomic mass is 10.4. The zero-order valence-electron chi connectivity index (χ0n) is 12.5. The van der Waals surface area contributed by atoms with Gasteiger partial charge in [0, 0.05) is 12.3 Å². The molecule has 0 aliphatic heterocycles. The molecule has 1 fully saturated rings. The Morgan fingerprint density at radius 3 is 2.87 bits per heavy atom. The first-order chi connectivity index (χ1) is 10.8. The molecular formula is C13H14F2N4O3S. The summed E-state index contributed by atoms with van der Waals surface area (Å²) >= 11 is 0.998. The van der Waals surface area contributed by atoms with Crippen LogP contribution >= 0.6 is 11.3 Å². The van der Waals surface area contributed by atoms with Crippen LogP contribution in [0.25, 0.3) is 5.13 Å². The lowest BCUT2D eigenvalue weighted by Crippen LogP contribution is -2.25. The molecular weight excluding hydrogens is 330 g/mol. The smallest absolute Gasteiger partial charge is 0.352 e. The van der Waals surface area contributed by atoms with Crippen molar-refractivity contribution in [1.82, 2.24) is 19.3 Å². The second kappa shape index (κ2) is 5.52. The largest absolute Gasteiger partial charge is 0.462 e. The molecule has 1 aliphatic carbocycles. The standard InChI is InChI=1S/C13H14F2N4O3S/c1-3-22-10(20)9-7(2)17-11(23-9)18-6-16-19(12(18)21)5-8-4-13(8,14)15/h6,8H,3-5H2,1-2H3. The van der Waals surface area contributed by atoms with Crippen LogP contribution in [0, 0.1) is 12.8 Å². The van der Waals surface area contributed by atoms with Crippen molar-refractivity contribution in [3.8, 4) is 5.13 Å². The van der Waals surface area contributed by atoms with Gasteiger partial charge in [-0.1, -0.05) is 11.3 Å². The molecule has 1 aliphatic rings. The summed E-state index contributed by atoms with van der Waals surface area (Å²) in [4.78, 5) is 28.5. The number of halogens is 2. The summed E-state index contributed by atoms with van der Waals surface area (Å²) in [5.41, 5.74) is -0.117. The van der Waals surface area contributed by atoms with E-state index in [1.165, 1.54) is 6.33 Å². The Morgan fingerprint density at radius 2 is 2.26 bits per heavy atom. The van der Waals surface area contributed by atoms with E-state index in [9.17, 15) is 18.4 Å². The summed E-state index contributed by atoms with van der Waals surface area (Å²) in [7, 11) is 0. The van der Waals surface area contributed by atoms with Gasteiger partial charge in [-0.3, -0.25) is 0 Å². The number of ether oxygens (including phenoxy) is 1. The number of esters is 1. The Labute approximate surface area is 133 Å². The van der Waals surface area contributed by atoms with E-state index >= 15 is 0 Å². The zero-order valence-corrected chi connectivity index (χ0v) is 13.3.